The Hall–Kier alpha value is -0.670. The highest BCUT2D eigenvalue weighted by molar-refractivity contribution is 7.89. The highest BCUT2D eigenvalue weighted by Gasteiger charge is 2.13. The van der Waals surface area contributed by atoms with E-state index in [1.807, 2.05) is 0 Å². The van der Waals surface area contributed by atoms with Crippen molar-refractivity contribution in [3.63, 3.8) is 0 Å². The lowest BCUT2D eigenvalue weighted by atomic mass is 10.4. The van der Waals surface area contributed by atoms with Crippen LogP contribution in [0.5, 0.6) is 0 Å². The zero-order valence-corrected chi connectivity index (χ0v) is 11.8. The van der Waals surface area contributed by atoms with Crippen LogP contribution in [0.2, 0.25) is 5.02 Å². The van der Waals surface area contributed by atoms with Crippen LogP contribution in [0, 0.1) is 0 Å². The summed E-state index contributed by atoms with van der Waals surface area (Å²) < 4.78 is 51.3. The number of rotatable bonds is 6. The Labute approximate surface area is 111 Å². The molecule has 0 saturated heterocycles. The van der Waals surface area contributed by atoms with E-state index in [1.165, 1.54) is 24.3 Å². The molecule has 0 aliphatic heterocycles. The SMILES string of the molecule is CS(=O)(=O)OCCNS(=O)(=O)c1ccc(Cl)cc1. The standard InChI is InChI=1S/C9H12ClNO5S2/c1-17(12,13)16-7-6-11-18(14,15)9-4-2-8(10)3-5-9/h2-5,11H,6-7H2,1H3. The summed E-state index contributed by atoms with van der Waals surface area (Å²) in [5, 5.41) is 0.425. The van der Waals surface area contributed by atoms with Crippen molar-refractivity contribution in [2.45, 2.75) is 4.90 Å². The van der Waals surface area contributed by atoms with Crippen molar-refractivity contribution in [3.05, 3.63) is 29.3 Å². The molecule has 1 rings (SSSR count). The number of halogens is 1. The Kier molecular flexibility index (Phi) is 5.11. The highest BCUT2D eigenvalue weighted by atomic mass is 35.5. The maximum absolute atomic E-state index is 11.7. The van der Waals surface area contributed by atoms with Gasteiger partial charge in [0.15, 0.2) is 0 Å². The van der Waals surface area contributed by atoms with Crippen molar-refractivity contribution >= 4 is 31.7 Å². The lowest BCUT2D eigenvalue weighted by molar-refractivity contribution is 0.326. The van der Waals surface area contributed by atoms with E-state index in [0.29, 0.717) is 5.02 Å². The quantitative estimate of drug-likeness (QED) is 0.613. The molecule has 0 spiro atoms. The average Bonchev–Trinajstić information content (AvgIpc) is 2.24. The van der Waals surface area contributed by atoms with Crippen LogP contribution in [0.25, 0.3) is 0 Å². The van der Waals surface area contributed by atoms with Gasteiger partial charge < -0.3 is 0 Å². The number of hydrogen-bond acceptors (Lipinski definition) is 5. The first-order valence-electron chi connectivity index (χ1n) is 4.80. The Morgan fingerprint density at radius 2 is 1.72 bits per heavy atom. The molecule has 1 N–H and O–H groups in total. The lowest BCUT2D eigenvalue weighted by Crippen LogP contribution is -2.28. The zero-order chi connectivity index (χ0) is 13.8. The fourth-order valence-electron chi connectivity index (χ4n) is 1.07. The van der Waals surface area contributed by atoms with E-state index in [2.05, 4.69) is 8.91 Å². The second-order valence-electron chi connectivity index (χ2n) is 3.38. The van der Waals surface area contributed by atoms with E-state index in [-0.39, 0.29) is 18.0 Å². The minimum atomic E-state index is -3.68. The largest absolute Gasteiger partial charge is 0.269 e. The Morgan fingerprint density at radius 3 is 2.22 bits per heavy atom. The van der Waals surface area contributed by atoms with Gasteiger partial charge in [0.05, 0.1) is 17.8 Å². The summed E-state index contributed by atoms with van der Waals surface area (Å²) in [6, 6.07) is 5.59. The van der Waals surface area contributed by atoms with E-state index in [4.69, 9.17) is 11.6 Å². The third-order valence-corrected chi connectivity index (χ3v) is 4.14. The van der Waals surface area contributed by atoms with Crippen LogP contribution in [0.15, 0.2) is 29.2 Å². The van der Waals surface area contributed by atoms with E-state index < -0.39 is 20.1 Å². The van der Waals surface area contributed by atoms with Crippen molar-refractivity contribution < 1.29 is 21.0 Å². The van der Waals surface area contributed by atoms with Gasteiger partial charge in [0.1, 0.15) is 0 Å². The molecule has 0 fully saturated rings. The van der Waals surface area contributed by atoms with Gasteiger partial charge in [0, 0.05) is 11.6 Å². The van der Waals surface area contributed by atoms with E-state index >= 15 is 0 Å². The van der Waals surface area contributed by atoms with E-state index in [1.54, 1.807) is 0 Å². The van der Waals surface area contributed by atoms with Crippen LogP contribution in [-0.4, -0.2) is 36.2 Å². The van der Waals surface area contributed by atoms with Gasteiger partial charge in [-0.05, 0) is 24.3 Å². The molecule has 0 saturated carbocycles. The van der Waals surface area contributed by atoms with Gasteiger partial charge in [-0.1, -0.05) is 11.6 Å². The van der Waals surface area contributed by atoms with Crippen LogP contribution in [-0.2, 0) is 24.3 Å². The lowest BCUT2D eigenvalue weighted by Gasteiger charge is -2.06. The van der Waals surface area contributed by atoms with Gasteiger partial charge in [0.25, 0.3) is 10.1 Å². The summed E-state index contributed by atoms with van der Waals surface area (Å²) in [5.74, 6) is 0. The van der Waals surface area contributed by atoms with Crippen LogP contribution >= 0.6 is 11.6 Å². The second-order valence-corrected chi connectivity index (χ2v) is 7.23. The van der Waals surface area contributed by atoms with Crippen LogP contribution < -0.4 is 4.72 Å². The predicted molar refractivity (Wildman–Crippen MR) is 67.4 cm³/mol. The second kappa shape index (κ2) is 5.98. The molecule has 0 heterocycles. The third kappa shape index (κ3) is 5.32. The summed E-state index contributed by atoms with van der Waals surface area (Å²) in [7, 11) is -7.24. The minimum absolute atomic E-state index is 0.0475. The molecular weight excluding hydrogens is 302 g/mol. The van der Waals surface area contributed by atoms with Gasteiger partial charge in [-0.2, -0.15) is 8.42 Å². The summed E-state index contributed by atoms with van der Waals surface area (Å²) in [5.41, 5.74) is 0. The average molecular weight is 314 g/mol. The number of benzene rings is 1. The van der Waals surface area contributed by atoms with Crippen molar-refractivity contribution in [1.82, 2.24) is 4.72 Å². The zero-order valence-electron chi connectivity index (χ0n) is 9.46. The predicted octanol–water partition coefficient (Wildman–Crippen LogP) is 0.595. The Balaban J connectivity index is 2.58. The molecule has 9 heteroatoms. The van der Waals surface area contributed by atoms with Crippen molar-refractivity contribution in [1.29, 1.82) is 0 Å². The fraction of sp³-hybridized carbons (Fsp3) is 0.333. The smallest absolute Gasteiger partial charge is 0.264 e. The Bertz CT molecular complexity index is 594. The summed E-state index contributed by atoms with van der Waals surface area (Å²) >= 11 is 5.64. The van der Waals surface area contributed by atoms with Gasteiger partial charge in [0.2, 0.25) is 10.0 Å². The molecule has 1 aromatic carbocycles. The molecule has 102 valence electrons. The number of sulfonamides is 1. The van der Waals surface area contributed by atoms with Gasteiger partial charge >= 0.3 is 0 Å². The van der Waals surface area contributed by atoms with Gasteiger partial charge in [-0.15, -0.1) is 0 Å². The van der Waals surface area contributed by atoms with Gasteiger partial charge in [-0.25, -0.2) is 13.1 Å². The first-order chi connectivity index (χ1) is 8.21. The van der Waals surface area contributed by atoms with E-state index in [9.17, 15) is 16.8 Å². The van der Waals surface area contributed by atoms with E-state index in [0.717, 1.165) is 6.26 Å². The van der Waals surface area contributed by atoms with Crippen LogP contribution in [0.3, 0.4) is 0 Å². The molecular formula is C9H12ClNO5S2. The molecule has 0 radical (unpaired) electrons. The molecule has 18 heavy (non-hydrogen) atoms. The summed E-state index contributed by atoms with van der Waals surface area (Å²) in [4.78, 5) is 0.0475. The van der Waals surface area contributed by atoms with Gasteiger partial charge in [-0.3, -0.25) is 4.18 Å². The molecule has 0 bridgehead atoms. The molecule has 6 nitrogen and oxygen atoms in total. The first-order valence-corrected chi connectivity index (χ1v) is 8.48. The maximum atomic E-state index is 11.7. The fourth-order valence-corrected chi connectivity index (χ4v) is 2.59. The molecule has 0 atom stereocenters. The molecule has 0 amide bonds. The van der Waals surface area contributed by atoms with Crippen LogP contribution in [0.1, 0.15) is 0 Å². The minimum Gasteiger partial charge on any atom is -0.269 e. The normalized spacial score (nSPS) is 12.6. The van der Waals surface area contributed by atoms with Crippen molar-refractivity contribution in [2.75, 3.05) is 19.4 Å². The number of nitrogens with one attached hydrogen (secondary N) is 1. The van der Waals surface area contributed by atoms with Crippen molar-refractivity contribution in [2.24, 2.45) is 0 Å². The molecule has 0 unspecified atom stereocenters. The molecule has 1 aromatic rings. The third-order valence-electron chi connectivity index (χ3n) is 1.82. The topological polar surface area (TPSA) is 89.5 Å². The number of hydrogen-bond donors (Lipinski definition) is 1. The molecule has 0 aliphatic carbocycles. The highest BCUT2D eigenvalue weighted by Crippen LogP contribution is 2.13. The molecule has 0 aromatic heterocycles. The summed E-state index contributed by atoms with van der Waals surface area (Å²) in [6.45, 7) is -0.399. The monoisotopic (exact) mass is 313 g/mol. The van der Waals surface area contributed by atoms with Crippen LogP contribution in [0.4, 0.5) is 0 Å². The van der Waals surface area contributed by atoms with Crippen molar-refractivity contribution in [3.8, 4) is 0 Å². The Morgan fingerprint density at radius 1 is 1.17 bits per heavy atom. The maximum Gasteiger partial charge on any atom is 0.264 e. The molecule has 0 aliphatic rings. The summed E-state index contributed by atoms with van der Waals surface area (Å²) in [6.07, 6.45) is 0.890. The first kappa shape index (κ1) is 15.4.